The van der Waals surface area contributed by atoms with Crippen LogP contribution in [0, 0.1) is 12.3 Å². The van der Waals surface area contributed by atoms with Crippen molar-refractivity contribution in [2.24, 2.45) is 0 Å². The second-order valence-corrected chi connectivity index (χ2v) is 6.54. The molecule has 0 aliphatic heterocycles. The van der Waals surface area contributed by atoms with Gasteiger partial charge in [0.15, 0.2) is 0 Å². The number of hydrogen-bond donors (Lipinski definition) is 1. The Labute approximate surface area is 112 Å². The third-order valence-corrected chi connectivity index (χ3v) is 4.79. The predicted octanol–water partition coefficient (Wildman–Crippen LogP) is 2.51. The highest BCUT2D eigenvalue weighted by molar-refractivity contribution is 9.11. The number of benzene rings is 1. The van der Waals surface area contributed by atoms with Gasteiger partial charge in [-0.15, -0.1) is 6.42 Å². The highest BCUT2D eigenvalue weighted by atomic mass is 79.9. The molecule has 1 rings (SSSR count). The summed E-state index contributed by atoms with van der Waals surface area (Å²) in [5, 5.41) is 0. The highest BCUT2D eigenvalue weighted by Gasteiger charge is 2.19. The largest absolute Gasteiger partial charge is 0.242 e. The summed E-state index contributed by atoms with van der Waals surface area (Å²) >= 11 is 6.41. The maximum Gasteiger partial charge on any atom is 0.242 e. The first-order valence-corrected chi connectivity index (χ1v) is 7.37. The monoisotopic (exact) mass is 365 g/mol. The van der Waals surface area contributed by atoms with E-state index in [1.165, 1.54) is 6.07 Å². The predicted molar refractivity (Wildman–Crippen MR) is 70.5 cm³/mol. The average Bonchev–Trinajstić information content (AvgIpc) is 2.20. The molecule has 0 saturated carbocycles. The summed E-state index contributed by atoms with van der Waals surface area (Å²) in [6.45, 7) is 1.60. The molecule has 16 heavy (non-hydrogen) atoms. The summed E-state index contributed by atoms with van der Waals surface area (Å²) in [4.78, 5) is 0.156. The number of hydrogen-bond acceptors (Lipinski definition) is 2. The van der Waals surface area contributed by atoms with Crippen molar-refractivity contribution in [3.8, 4) is 12.3 Å². The van der Waals surface area contributed by atoms with Gasteiger partial charge in [-0.05, 0) is 41.1 Å². The molecule has 0 spiro atoms. The Bertz CT molecular complexity index is 534. The number of rotatable bonds is 3. The van der Waals surface area contributed by atoms with Crippen molar-refractivity contribution in [2.75, 3.05) is 0 Å². The van der Waals surface area contributed by atoms with Gasteiger partial charge in [0, 0.05) is 8.95 Å². The lowest BCUT2D eigenvalue weighted by molar-refractivity contribution is 0.577. The summed E-state index contributed by atoms with van der Waals surface area (Å²) in [5.74, 6) is 2.31. The quantitative estimate of drug-likeness (QED) is 0.835. The van der Waals surface area contributed by atoms with Crippen molar-refractivity contribution < 1.29 is 8.42 Å². The van der Waals surface area contributed by atoms with Gasteiger partial charge < -0.3 is 0 Å². The minimum absolute atomic E-state index is 0.156. The minimum Gasteiger partial charge on any atom is -0.207 e. The average molecular weight is 367 g/mol. The van der Waals surface area contributed by atoms with Crippen LogP contribution in [0.25, 0.3) is 0 Å². The van der Waals surface area contributed by atoms with E-state index in [0.29, 0.717) is 8.95 Å². The Hall–Kier alpha value is -0.350. The van der Waals surface area contributed by atoms with Crippen LogP contribution in [0.1, 0.15) is 6.92 Å². The van der Waals surface area contributed by atoms with Crippen molar-refractivity contribution in [1.82, 2.24) is 4.72 Å². The molecule has 1 aromatic carbocycles. The van der Waals surface area contributed by atoms with Crippen LogP contribution in [0.2, 0.25) is 0 Å². The molecule has 0 aromatic heterocycles. The van der Waals surface area contributed by atoms with E-state index in [-0.39, 0.29) is 4.90 Å². The molecule has 0 aliphatic rings. The Morgan fingerprint density at radius 1 is 1.44 bits per heavy atom. The molecule has 1 atom stereocenters. The standard InChI is InChI=1S/C10H9Br2NO2S/c1-3-7(2)13-16(14,15)10-6-8(11)4-5-9(10)12/h1,4-7,13H,2H3. The summed E-state index contributed by atoms with van der Waals surface area (Å²) in [7, 11) is -3.59. The minimum atomic E-state index is -3.59. The molecule has 3 nitrogen and oxygen atoms in total. The summed E-state index contributed by atoms with van der Waals surface area (Å²) in [6, 6.07) is 4.36. The van der Waals surface area contributed by atoms with Crippen LogP contribution in [-0.2, 0) is 10.0 Å². The van der Waals surface area contributed by atoms with Gasteiger partial charge in [0.1, 0.15) is 0 Å². The molecule has 0 aliphatic carbocycles. The number of sulfonamides is 1. The molecule has 6 heteroatoms. The third-order valence-electron chi connectivity index (χ3n) is 1.76. The molecular weight excluding hydrogens is 358 g/mol. The fraction of sp³-hybridized carbons (Fsp3) is 0.200. The van der Waals surface area contributed by atoms with Crippen LogP contribution in [0.3, 0.4) is 0 Å². The summed E-state index contributed by atoms with van der Waals surface area (Å²) in [6.07, 6.45) is 5.13. The van der Waals surface area contributed by atoms with Crippen molar-refractivity contribution in [2.45, 2.75) is 17.9 Å². The van der Waals surface area contributed by atoms with Crippen LogP contribution in [-0.4, -0.2) is 14.5 Å². The van der Waals surface area contributed by atoms with Crippen LogP contribution in [0.4, 0.5) is 0 Å². The molecule has 0 bridgehead atoms. The van der Waals surface area contributed by atoms with Crippen LogP contribution >= 0.6 is 31.9 Å². The van der Waals surface area contributed by atoms with E-state index in [2.05, 4.69) is 42.5 Å². The zero-order chi connectivity index (χ0) is 12.3. The van der Waals surface area contributed by atoms with E-state index in [4.69, 9.17) is 6.42 Å². The molecule has 0 radical (unpaired) electrons. The Morgan fingerprint density at radius 3 is 2.62 bits per heavy atom. The van der Waals surface area contributed by atoms with Gasteiger partial charge in [-0.3, -0.25) is 0 Å². The van der Waals surface area contributed by atoms with E-state index >= 15 is 0 Å². The maximum absolute atomic E-state index is 11.9. The van der Waals surface area contributed by atoms with E-state index in [0.717, 1.165) is 0 Å². The van der Waals surface area contributed by atoms with Crippen molar-refractivity contribution in [3.05, 3.63) is 27.1 Å². The number of terminal acetylenes is 1. The van der Waals surface area contributed by atoms with E-state index in [1.807, 2.05) is 0 Å². The fourth-order valence-electron chi connectivity index (χ4n) is 1.01. The molecule has 1 unspecified atom stereocenters. The second-order valence-electron chi connectivity index (χ2n) is 3.08. The van der Waals surface area contributed by atoms with E-state index in [9.17, 15) is 8.42 Å². The summed E-state index contributed by atoms with van der Waals surface area (Å²) < 4.78 is 27.4. The van der Waals surface area contributed by atoms with Gasteiger partial charge in [0.25, 0.3) is 0 Å². The molecule has 1 N–H and O–H groups in total. The topological polar surface area (TPSA) is 46.2 Å². The lowest BCUT2D eigenvalue weighted by Crippen LogP contribution is -2.31. The van der Waals surface area contributed by atoms with Gasteiger partial charge in [0.05, 0.1) is 10.9 Å². The smallest absolute Gasteiger partial charge is 0.207 e. The number of nitrogens with one attached hydrogen (secondary N) is 1. The molecule has 0 amide bonds. The van der Waals surface area contributed by atoms with Crippen molar-refractivity contribution >= 4 is 41.9 Å². The van der Waals surface area contributed by atoms with E-state index in [1.54, 1.807) is 19.1 Å². The van der Waals surface area contributed by atoms with Crippen LogP contribution in [0.5, 0.6) is 0 Å². The number of halogens is 2. The van der Waals surface area contributed by atoms with Crippen molar-refractivity contribution in [3.63, 3.8) is 0 Å². The first-order valence-electron chi connectivity index (χ1n) is 4.30. The zero-order valence-corrected chi connectivity index (χ0v) is 12.4. The molecule has 1 aromatic rings. The molecule has 0 saturated heterocycles. The first kappa shape index (κ1) is 13.7. The fourth-order valence-corrected chi connectivity index (χ4v) is 3.68. The van der Waals surface area contributed by atoms with Crippen LogP contribution in [0.15, 0.2) is 32.0 Å². The first-order chi connectivity index (χ1) is 7.36. The molecule has 0 fully saturated rings. The third kappa shape index (κ3) is 3.32. The zero-order valence-electron chi connectivity index (χ0n) is 8.37. The van der Waals surface area contributed by atoms with Crippen molar-refractivity contribution in [1.29, 1.82) is 0 Å². The molecule has 0 heterocycles. The maximum atomic E-state index is 11.9. The Kier molecular flexibility index (Phi) is 4.56. The van der Waals surface area contributed by atoms with Crippen LogP contribution < -0.4 is 4.72 Å². The second kappa shape index (κ2) is 5.32. The van der Waals surface area contributed by atoms with Gasteiger partial charge in [-0.1, -0.05) is 21.9 Å². The Balaban J connectivity index is 3.18. The normalized spacial score (nSPS) is 13.1. The van der Waals surface area contributed by atoms with Gasteiger partial charge in [0.2, 0.25) is 10.0 Å². The summed E-state index contributed by atoms with van der Waals surface area (Å²) in [5.41, 5.74) is 0. The molecular formula is C10H9Br2NO2S. The van der Waals surface area contributed by atoms with Gasteiger partial charge in [-0.2, -0.15) is 4.72 Å². The van der Waals surface area contributed by atoms with Gasteiger partial charge >= 0.3 is 0 Å². The highest BCUT2D eigenvalue weighted by Crippen LogP contribution is 2.25. The van der Waals surface area contributed by atoms with Gasteiger partial charge in [-0.25, -0.2) is 8.42 Å². The van der Waals surface area contributed by atoms with E-state index < -0.39 is 16.1 Å². The SMILES string of the molecule is C#CC(C)NS(=O)(=O)c1cc(Br)ccc1Br. The Morgan fingerprint density at radius 2 is 2.06 bits per heavy atom. The lowest BCUT2D eigenvalue weighted by Gasteiger charge is -2.10. The lowest BCUT2D eigenvalue weighted by atomic mass is 10.4. The molecule has 86 valence electrons.